The van der Waals surface area contributed by atoms with Crippen molar-refractivity contribution in [3.05, 3.63) is 0 Å². The summed E-state index contributed by atoms with van der Waals surface area (Å²) in [7, 11) is 0. The minimum atomic E-state index is -1.83. The van der Waals surface area contributed by atoms with Crippen LogP contribution in [0.1, 0.15) is 0 Å². The zero-order valence-corrected chi connectivity index (χ0v) is 6.21. The predicted octanol–water partition coefficient (Wildman–Crippen LogP) is -1.06. The van der Waals surface area contributed by atoms with Crippen molar-refractivity contribution in [2.75, 3.05) is 0 Å². The Balaban J connectivity index is 0. The number of thiocarbonyl (C=S) groups is 1. The van der Waals surface area contributed by atoms with Gasteiger partial charge in [-0.15, -0.1) is 0 Å². The van der Waals surface area contributed by atoms with E-state index in [1.807, 2.05) is 0 Å². The van der Waals surface area contributed by atoms with Crippen LogP contribution >= 0.6 is 12.2 Å². The standard InChI is InChI=1S/C2H6N4S.CH2O3/c3-2(7)5-1-6-4;2-1(3)4/h1H,4H2,(H3,3,5,6,7);(H2,2,3,4). The molecule has 0 radical (unpaired) electrons. The number of rotatable bonds is 1. The quantitative estimate of drug-likeness (QED) is 0.114. The van der Waals surface area contributed by atoms with Gasteiger partial charge in [-0.1, -0.05) is 0 Å². The molecule has 0 rings (SSSR count). The summed E-state index contributed by atoms with van der Waals surface area (Å²) in [5.41, 5.74) is 7.06. The second kappa shape index (κ2) is 8.59. The van der Waals surface area contributed by atoms with Crippen molar-refractivity contribution < 1.29 is 15.0 Å². The normalized spacial score (nSPS) is 8.09. The zero-order chi connectivity index (χ0) is 9.28. The number of nitrogens with one attached hydrogen (secondary N) is 1. The highest BCUT2D eigenvalue weighted by atomic mass is 32.1. The predicted molar refractivity (Wildman–Crippen MR) is 43.3 cm³/mol. The van der Waals surface area contributed by atoms with E-state index >= 15 is 0 Å². The Hall–Kier alpha value is -1.41. The summed E-state index contributed by atoms with van der Waals surface area (Å²) in [6, 6.07) is 0. The maximum atomic E-state index is 8.56. The van der Waals surface area contributed by atoms with Gasteiger partial charge < -0.3 is 21.4 Å². The number of hydrogen-bond donors (Lipinski definition) is 5. The van der Waals surface area contributed by atoms with E-state index in [0.717, 1.165) is 0 Å². The highest BCUT2D eigenvalue weighted by Gasteiger charge is 1.70. The van der Waals surface area contributed by atoms with Gasteiger partial charge in [0.25, 0.3) is 0 Å². The van der Waals surface area contributed by atoms with Gasteiger partial charge in [-0.3, -0.25) is 0 Å². The number of nitrogens with two attached hydrogens (primary N) is 2. The Labute approximate surface area is 67.7 Å². The summed E-state index contributed by atoms with van der Waals surface area (Å²) in [4.78, 5) is 11.9. The lowest BCUT2D eigenvalue weighted by atomic mass is 11.1. The van der Waals surface area contributed by atoms with Crippen LogP contribution in [0.3, 0.4) is 0 Å². The molecule has 0 aromatic carbocycles. The number of aliphatic imine (C=N–C) groups is 1. The third kappa shape index (κ3) is 55.6. The van der Waals surface area contributed by atoms with Gasteiger partial charge >= 0.3 is 6.16 Å². The molecule has 0 bridgehead atoms. The largest absolute Gasteiger partial charge is 0.503 e. The van der Waals surface area contributed by atoms with Crippen LogP contribution in [0.4, 0.5) is 4.79 Å². The molecular weight excluding hydrogens is 172 g/mol. The first-order valence-electron chi connectivity index (χ1n) is 2.20. The highest BCUT2D eigenvalue weighted by Crippen LogP contribution is 1.60. The van der Waals surface area contributed by atoms with Crippen LogP contribution in [-0.4, -0.2) is 27.8 Å². The van der Waals surface area contributed by atoms with Gasteiger partial charge in [0, 0.05) is 0 Å². The highest BCUT2D eigenvalue weighted by molar-refractivity contribution is 7.80. The van der Waals surface area contributed by atoms with Crippen molar-refractivity contribution in [3.8, 4) is 0 Å². The van der Waals surface area contributed by atoms with Crippen molar-refractivity contribution >= 4 is 29.8 Å². The van der Waals surface area contributed by atoms with Crippen LogP contribution in [0, 0.1) is 0 Å². The summed E-state index contributed by atoms with van der Waals surface area (Å²) < 4.78 is 0. The average molecular weight is 180 g/mol. The Morgan fingerprint density at radius 2 is 2.00 bits per heavy atom. The molecule has 0 unspecified atom stereocenters. The van der Waals surface area contributed by atoms with Crippen molar-refractivity contribution in [1.29, 1.82) is 0 Å². The molecule has 7 N–H and O–H groups in total. The number of nitrogens with zero attached hydrogens (tertiary/aromatic N) is 1. The van der Waals surface area contributed by atoms with Gasteiger partial charge in [-0.2, -0.15) is 0 Å². The molecule has 8 heteroatoms. The van der Waals surface area contributed by atoms with Crippen LogP contribution in [-0.2, 0) is 0 Å². The molecule has 64 valence electrons. The lowest BCUT2D eigenvalue weighted by Gasteiger charge is -1.82. The third-order valence-corrected chi connectivity index (χ3v) is 0.372. The minimum absolute atomic E-state index is 0.0675. The average Bonchev–Trinajstić information content (AvgIpc) is 1.82. The first kappa shape index (κ1) is 12.3. The third-order valence-electron chi connectivity index (χ3n) is 0.266. The molecule has 0 atom stereocenters. The lowest BCUT2D eigenvalue weighted by Crippen LogP contribution is -2.20. The fraction of sp³-hybridized carbons (Fsp3) is 0. The fourth-order valence-electron chi connectivity index (χ4n) is 0.101. The zero-order valence-electron chi connectivity index (χ0n) is 5.39. The molecule has 0 fully saturated rings. The number of hydrazine groups is 1. The van der Waals surface area contributed by atoms with E-state index in [2.05, 4.69) is 22.6 Å². The maximum Gasteiger partial charge on any atom is 0.503 e. The maximum absolute atomic E-state index is 8.56. The van der Waals surface area contributed by atoms with Crippen LogP contribution in [0.2, 0.25) is 0 Å². The van der Waals surface area contributed by atoms with Crippen molar-refractivity contribution in [3.63, 3.8) is 0 Å². The molecule has 0 aromatic heterocycles. The van der Waals surface area contributed by atoms with Gasteiger partial charge in [0.05, 0.1) is 0 Å². The van der Waals surface area contributed by atoms with E-state index in [4.69, 9.17) is 26.6 Å². The van der Waals surface area contributed by atoms with Gasteiger partial charge in [-0.25, -0.2) is 15.6 Å². The van der Waals surface area contributed by atoms with E-state index in [1.165, 1.54) is 6.34 Å². The molecule has 11 heavy (non-hydrogen) atoms. The summed E-state index contributed by atoms with van der Waals surface area (Å²) >= 11 is 4.35. The molecule has 0 aromatic rings. The minimum Gasteiger partial charge on any atom is -0.450 e. The van der Waals surface area contributed by atoms with Gasteiger partial charge in [-0.05, 0) is 12.2 Å². The van der Waals surface area contributed by atoms with E-state index < -0.39 is 6.16 Å². The van der Waals surface area contributed by atoms with E-state index in [0.29, 0.717) is 0 Å². The second-order valence-electron chi connectivity index (χ2n) is 1.05. The molecule has 0 amide bonds. The summed E-state index contributed by atoms with van der Waals surface area (Å²) in [5, 5.41) is 14.0. The Morgan fingerprint density at radius 1 is 1.64 bits per heavy atom. The fourth-order valence-corrected chi connectivity index (χ4v) is 0.154. The Bertz CT molecular complexity index is 155. The van der Waals surface area contributed by atoms with Crippen molar-refractivity contribution in [2.45, 2.75) is 0 Å². The molecule has 0 saturated heterocycles. The molecule has 7 nitrogen and oxygen atoms in total. The van der Waals surface area contributed by atoms with Gasteiger partial charge in [0.1, 0.15) is 6.34 Å². The molecule has 0 aliphatic heterocycles. The number of carbonyl (C=O) groups is 1. The topological polar surface area (TPSA) is 134 Å². The monoisotopic (exact) mass is 180 g/mol. The smallest absolute Gasteiger partial charge is 0.450 e. The van der Waals surface area contributed by atoms with E-state index in [1.54, 1.807) is 0 Å². The van der Waals surface area contributed by atoms with Crippen LogP contribution in [0.5, 0.6) is 0 Å². The van der Waals surface area contributed by atoms with Crippen molar-refractivity contribution in [1.82, 2.24) is 5.43 Å². The van der Waals surface area contributed by atoms with Gasteiger partial charge in [0.2, 0.25) is 0 Å². The number of hydrogen-bond acceptors (Lipinski definition) is 3. The van der Waals surface area contributed by atoms with Crippen LogP contribution < -0.4 is 17.0 Å². The number of carboxylic acid groups (broad SMARTS) is 2. The Kier molecular flexibility index (Phi) is 9.59. The Morgan fingerprint density at radius 3 is 2.09 bits per heavy atom. The molecule has 0 aliphatic rings. The van der Waals surface area contributed by atoms with Crippen LogP contribution in [0.25, 0.3) is 0 Å². The van der Waals surface area contributed by atoms with Gasteiger partial charge in [0.15, 0.2) is 5.11 Å². The molecule has 0 heterocycles. The van der Waals surface area contributed by atoms with E-state index in [9.17, 15) is 0 Å². The summed E-state index contributed by atoms with van der Waals surface area (Å²) in [6.07, 6.45) is -0.623. The summed E-state index contributed by atoms with van der Waals surface area (Å²) in [6.45, 7) is 0. The molecular formula is C3H8N4O3S. The lowest BCUT2D eigenvalue weighted by molar-refractivity contribution is 0.137. The molecule has 0 aliphatic carbocycles. The van der Waals surface area contributed by atoms with Crippen molar-refractivity contribution in [2.24, 2.45) is 16.6 Å². The second-order valence-corrected chi connectivity index (χ2v) is 1.46. The van der Waals surface area contributed by atoms with E-state index in [-0.39, 0.29) is 5.11 Å². The first-order valence-corrected chi connectivity index (χ1v) is 2.61. The summed E-state index contributed by atoms with van der Waals surface area (Å²) in [5.74, 6) is 4.76. The molecule has 0 spiro atoms. The first-order chi connectivity index (χ1) is 5.00. The molecule has 0 saturated carbocycles. The van der Waals surface area contributed by atoms with Crippen LogP contribution in [0.15, 0.2) is 4.99 Å². The SMILES string of the molecule is NNC=NC(N)=S.O=C(O)O.